The summed E-state index contributed by atoms with van der Waals surface area (Å²) in [5, 5.41) is 14.4. The van der Waals surface area contributed by atoms with Crippen LogP contribution in [0.1, 0.15) is 5.56 Å². The van der Waals surface area contributed by atoms with Gasteiger partial charge in [-0.25, -0.2) is 0 Å². The maximum Gasteiger partial charge on any atom is 0.101 e. The SMILES string of the molecule is N#Cc1cc(Br)ccc1Nc1ccc2cnccc2c1N. The number of nitrogens with one attached hydrogen (secondary N) is 1. The van der Waals surface area contributed by atoms with Crippen molar-refractivity contribution in [1.82, 2.24) is 4.98 Å². The van der Waals surface area contributed by atoms with Crippen molar-refractivity contribution in [3.63, 3.8) is 0 Å². The van der Waals surface area contributed by atoms with Gasteiger partial charge in [0.15, 0.2) is 0 Å². The molecule has 0 aliphatic carbocycles. The molecule has 0 spiro atoms. The molecular weight excluding hydrogens is 328 g/mol. The number of aromatic nitrogens is 1. The second kappa shape index (κ2) is 5.43. The number of benzene rings is 2. The summed E-state index contributed by atoms with van der Waals surface area (Å²) in [6.07, 6.45) is 3.48. The Hall–Kier alpha value is -2.58. The zero-order chi connectivity index (χ0) is 14.8. The number of halogens is 1. The summed E-state index contributed by atoms with van der Waals surface area (Å²) in [5.41, 5.74) is 8.89. The highest BCUT2D eigenvalue weighted by atomic mass is 79.9. The number of nitrogens with zero attached hydrogens (tertiary/aromatic N) is 2. The van der Waals surface area contributed by atoms with Crippen molar-refractivity contribution in [2.24, 2.45) is 0 Å². The minimum atomic E-state index is 0.554. The quantitative estimate of drug-likeness (QED) is 0.687. The molecule has 1 heterocycles. The van der Waals surface area contributed by atoms with Crippen LogP contribution in [0, 0.1) is 11.3 Å². The Morgan fingerprint density at radius 3 is 2.76 bits per heavy atom. The van der Waals surface area contributed by atoms with Crippen LogP contribution in [-0.4, -0.2) is 4.98 Å². The molecule has 0 radical (unpaired) electrons. The smallest absolute Gasteiger partial charge is 0.101 e. The monoisotopic (exact) mass is 338 g/mol. The molecule has 5 heteroatoms. The van der Waals surface area contributed by atoms with Gasteiger partial charge in [0, 0.05) is 27.6 Å². The third kappa shape index (κ3) is 2.54. The number of rotatable bonds is 2. The molecule has 0 unspecified atom stereocenters. The first kappa shape index (κ1) is 13.4. The van der Waals surface area contributed by atoms with Crippen molar-refractivity contribution < 1.29 is 0 Å². The lowest BCUT2D eigenvalue weighted by atomic mass is 10.1. The molecule has 0 saturated heterocycles. The van der Waals surface area contributed by atoms with Crippen molar-refractivity contribution in [2.45, 2.75) is 0 Å². The minimum Gasteiger partial charge on any atom is -0.397 e. The molecule has 3 rings (SSSR count). The molecule has 0 amide bonds. The topological polar surface area (TPSA) is 74.7 Å². The number of fused-ring (bicyclic) bond motifs is 1. The van der Waals surface area contributed by atoms with E-state index in [2.05, 4.69) is 32.3 Å². The fourth-order valence-corrected chi connectivity index (χ4v) is 2.53. The largest absolute Gasteiger partial charge is 0.397 e. The molecular formula is C16H11BrN4. The summed E-state index contributed by atoms with van der Waals surface area (Å²) in [6, 6.07) is 13.4. The fraction of sp³-hybridized carbons (Fsp3) is 0. The van der Waals surface area contributed by atoms with E-state index in [4.69, 9.17) is 5.73 Å². The van der Waals surface area contributed by atoms with E-state index in [1.807, 2.05) is 30.3 Å². The summed E-state index contributed by atoms with van der Waals surface area (Å²) in [7, 11) is 0. The van der Waals surface area contributed by atoms with E-state index < -0.39 is 0 Å². The predicted molar refractivity (Wildman–Crippen MR) is 88.3 cm³/mol. The maximum atomic E-state index is 9.21. The second-order valence-corrected chi connectivity index (χ2v) is 5.47. The van der Waals surface area contributed by atoms with Crippen molar-refractivity contribution in [1.29, 1.82) is 5.26 Å². The van der Waals surface area contributed by atoms with Crippen LogP contribution in [0.3, 0.4) is 0 Å². The van der Waals surface area contributed by atoms with Gasteiger partial charge in [0.25, 0.3) is 0 Å². The van der Waals surface area contributed by atoms with Gasteiger partial charge in [-0.3, -0.25) is 4.98 Å². The van der Waals surface area contributed by atoms with E-state index in [0.717, 1.165) is 26.6 Å². The predicted octanol–water partition coefficient (Wildman–Crippen LogP) is 4.19. The van der Waals surface area contributed by atoms with Crippen LogP contribution in [0.15, 0.2) is 53.3 Å². The van der Waals surface area contributed by atoms with Gasteiger partial charge >= 0.3 is 0 Å². The number of pyridine rings is 1. The molecule has 2 aromatic carbocycles. The Bertz CT molecular complexity index is 868. The number of nitrogen functional groups attached to an aromatic ring is 1. The summed E-state index contributed by atoms with van der Waals surface area (Å²) >= 11 is 3.36. The van der Waals surface area contributed by atoms with Crippen molar-refractivity contribution >= 4 is 43.8 Å². The highest BCUT2D eigenvalue weighted by molar-refractivity contribution is 9.10. The highest BCUT2D eigenvalue weighted by Crippen LogP contribution is 2.32. The first-order valence-corrected chi connectivity index (χ1v) is 7.07. The lowest BCUT2D eigenvalue weighted by Gasteiger charge is -2.12. The van der Waals surface area contributed by atoms with E-state index in [1.165, 1.54) is 0 Å². The van der Waals surface area contributed by atoms with Gasteiger partial charge in [-0.1, -0.05) is 22.0 Å². The van der Waals surface area contributed by atoms with E-state index in [-0.39, 0.29) is 0 Å². The van der Waals surface area contributed by atoms with Crippen LogP contribution < -0.4 is 11.1 Å². The lowest BCUT2D eigenvalue weighted by molar-refractivity contribution is 1.36. The first-order chi connectivity index (χ1) is 10.2. The molecule has 1 aromatic heterocycles. The highest BCUT2D eigenvalue weighted by Gasteiger charge is 2.08. The Labute approximate surface area is 130 Å². The number of hydrogen-bond acceptors (Lipinski definition) is 4. The molecule has 3 aromatic rings. The van der Waals surface area contributed by atoms with Gasteiger partial charge in [-0.15, -0.1) is 0 Å². The van der Waals surface area contributed by atoms with Gasteiger partial charge in [0.1, 0.15) is 6.07 Å². The van der Waals surface area contributed by atoms with Crippen LogP contribution >= 0.6 is 15.9 Å². The fourth-order valence-electron chi connectivity index (χ4n) is 2.16. The Balaban J connectivity index is 2.07. The van der Waals surface area contributed by atoms with Crippen molar-refractivity contribution in [2.75, 3.05) is 11.1 Å². The molecule has 0 saturated carbocycles. The van der Waals surface area contributed by atoms with Gasteiger partial charge in [0.05, 0.1) is 22.6 Å². The maximum absolute atomic E-state index is 9.21. The van der Waals surface area contributed by atoms with Gasteiger partial charge in [0.2, 0.25) is 0 Å². The second-order valence-electron chi connectivity index (χ2n) is 4.55. The number of nitrogens with two attached hydrogens (primary N) is 1. The van der Waals surface area contributed by atoms with Gasteiger partial charge in [-0.05, 0) is 30.3 Å². The van der Waals surface area contributed by atoms with Crippen molar-refractivity contribution in [3.8, 4) is 6.07 Å². The third-order valence-electron chi connectivity index (χ3n) is 3.23. The normalized spacial score (nSPS) is 10.3. The van der Waals surface area contributed by atoms with Crippen LogP contribution in [-0.2, 0) is 0 Å². The summed E-state index contributed by atoms with van der Waals surface area (Å²) in [5.74, 6) is 0. The number of anilines is 3. The standard InChI is InChI=1S/C16H11BrN4/c17-12-2-4-14(11(7-12)8-18)21-15-3-1-10-9-20-6-5-13(10)16(15)19/h1-7,9,21H,19H2. The Morgan fingerprint density at radius 1 is 1.14 bits per heavy atom. The number of hydrogen-bond donors (Lipinski definition) is 2. The average Bonchev–Trinajstić information content (AvgIpc) is 2.51. The zero-order valence-corrected chi connectivity index (χ0v) is 12.6. The van der Waals surface area contributed by atoms with E-state index in [9.17, 15) is 5.26 Å². The molecule has 0 atom stereocenters. The van der Waals surface area contributed by atoms with E-state index >= 15 is 0 Å². The molecule has 4 nitrogen and oxygen atoms in total. The molecule has 102 valence electrons. The average molecular weight is 339 g/mol. The van der Waals surface area contributed by atoms with E-state index in [0.29, 0.717) is 11.3 Å². The minimum absolute atomic E-state index is 0.554. The molecule has 3 N–H and O–H groups in total. The zero-order valence-electron chi connectivity index (χ0n) is 11.0. The molecule has 0 fully saturated rings. The van der Waals surface area contributed by atoms with Crippen LogP contribution in [0.25, 0.3) is 10.8 Å². The van der Waals surface area contributed by atoms with Gasteiger partial charge in [-0.2, -0.15) is 5.26 Å². The van der Waals surface area contributed by atoms with Crippen LogP contribution in [0.5, 0.6) is 0 Å². The molecule has 0 aliphatic heterocycles. The molecule has 0 bridgehead atoms. The first-order valence-electron chi connectivity index (χ1n) is 6.28. The molecule has 0 aliphatic rings. The summed E-state index contributed by atoms with van der Waals surface area (Å²) < 4.78 is 0.863. The van der Waals surface area contributed by atoms with Crippen LogP contribution in [0.2, 0.25) is 0 Å². The van der Waals surface area contributed by atoms with Gasteiger partial charge < -0.3 is 11.1 Å². The third-order valence-corrected chi connectivity index (χ3v) is 3.73. The Kier molecular flexibility index (Phi) is 3.46. The van der Waals surface area contributed by atoms with E-state index in [1.54, 1.807) is 18.5 Å². The summed E-state index contributed by atoms with van der Waals surface area (Å²) in [6.45, 7) is 0. The molecule has 21 heavy (non-hydrogen) atoms. The Morgan fingerprint density at radius 2 is 1.95 bits per heavy atom. The van der Waals surface area contributed by atoms with Crippen molar-refractivity contribution in [3.05, 3.63) is 58.8 Å². The van der Waals surface area contributed by atoms with Crippen LogP contribution in [0.4, 0.5) is 17.1 Å². The number of nitriles is 1. The lowest BCUT2D eigenvalue weighted by Crippen LogP contribution is -1.99. The summed E-state index contributed by atoms with van der Waals surface area (Å²) in [4.78, 5) is 4.08.